The lowest BCUT2D eigenvalue weighted by atomic mass is 10.5. The Kier molecular flexibility index (Phi) is 2.24. The number of hydrogen-bond acceptors (Lipinski definition) is 5. The molecule has 2 aromatic rings. The number of nitrogens with zero attached hydrogens (tertiary/aromatic N) is 3. The molecule has 0 bridgehead atoms. The molecule has 0 unspecified atom stereocenters. The largest absolute Gasteiger partial charge is 0.383 e. The maximum absolute atomic E-state index is 5.61. The summed E-state index contributed by atoms with van der Waals surface area (Å²) in [6, 6.07) is 0. The van der Waals surface area contributed by atoms with Crippen LogP contribution in [0.2, 0.25) is 0 Å². The molecule has 6 heteroatoms. The highest BCUT2D eigenvalue weighted by Gasteiger charge is 2.05. The smallest absolute Gasteiger partial charge is 0.190 e. The summed E-state index contributed by atoms with van der Waals surface area (Å²) in [7, 11) is 0. The molecule has 2 heterocycles. The summed E-state index contributed by atoms with van der Waals surface area (Å²) in [5, 5.41) is 2.65. The summed E-state index contributed by atoms with van der Waals surface area (Å²) < 4.78 is 0.702. The fraction of sp³-hybridized carbons (Fsp3) is 0. The summed E-state index contributed by atoms with van der Waals surface area (Å²) in [4.78, 5) is 12.3. The molecule has 0 aliphatic carbocycles. The second kappa shape index (κ2) is 3.39. The van der Waals surface area contributed by atoms with E-state index < -0.39 is 0 Å². The minimum absolute atomic E-state index is 0.431. The maximum Gasteiger partial charge on any atom is 0.190 e. The average Bonchev–Trinajstić information content (AvgIpc) is 2.62. The highest BCUT2D eigenvalue weighted by molar-refractivity contribution is 9.10. The summed E-state index contributed by atoms with van der Waals surface area (Å²) in [6.45, 7) is 0. The van der Waals surface area contributed by atoms with Crippen LogP contribution in [0.15, 0.2) is 22.2 Å². The van der Waals surface area contributed by atoms with Crippen molar-refractivity contribution in [2.75, 3.05) is 5.73 Å². The van der Waals surface area contributed by atoms with E-state index >= 15 is 0 Å². The van der Waals surface area contributed by atoms with Crippen LogP contribution in [0.5, 0.6) is 0 Å². The fourth-order valence-corrected chi connectivity index (χ4v) is 1.58. The SMILES string of the molecule is Nc1nc(-c2nccs2)ncc1Br. The monoisotopic (exact) mass is 256 g/mol. The van der Waals surface area contributed by atoms with E-state index in [4.69, 9.17) is 5.73 Å². The molecule has 0 saturated heterocycles. The first-order valence-electron chi connectivity index (χ1n) is 3.45. The van der Waals surface area contributed by atoms with E-state index in [1.807, 2.05) is 5.38 Å². The van der Waals surface area contributed by atoms with Crippen LogP contribution in [0.4, 0.5) is 5.82 Å². The van der Waals surface area contributed by atoms with Crippen molar-refractivity contribution >= 4 is 33.1 Å². The van der Waals surface area contributed by atoms with Gasteiger partial charge in [0.05, 0.1) is 4.47 Å². The van der Waals surface area contributed by atoms with Crippen molar-refractivity contribution in [1.29, 1.82) is 0 Å². The predicted octanol–water partition coefficient (Wildman–Crippen LogP) is 1.94. The third-order valence-corrected chi connectivity index (χ3v) is 2.77. The summed E-state index contributed by atoms with van der Waals surface area (Å²) >= 11 is 4.71. The average molecular weight is 257 g/mol. The van der Waals surface area contributed by atoms with Gasteiger partial charge in [-0.15, -0.1) is 11.3 Å². The summed E-state index contributed by atoms with van der Waals surface area (Å²) in [6.07, 6.45) is 3.33. The lowest BCUT2D eigenvalue weighted by Gasteiger charge is -1.98. The topological polar surface area (TPSA) is 64.7 Å². The zero-order chi connectivity index (χ0) is 9.26. The van der Waals surface area contributed by atoms with Gasteiger partial charge in [-0.2, -0.15) is 0 Å². The van der Waals surface area contributed by atoms with E-state index in [0.717, 1.165) is 5.01 Å². The highest BCUT2D eigenvalue weighted by atomic mass is 79.9. The van der Waals surface area contributed by atoms with Crippen LogP contribution < -0.4 is 5.73 Å². The zero-order valence-corrected chi connectivity index (χ0v) is 8.84. The summed E-state index contributed by atoms with van der Waals surface area (Å²) in [5.41, 5.74) is 5.61. The van der Waals surface area contributed by atoms with E-state index in [1.54, 1.807) is 12.4 Å². The molecule has 0 aliphatic heterocycles. The van der Waals surface area contributed by atoms with Crippen molar-refractivity contribution in [2.24, 2.45) is 0 Å². The van der Waals surface area contributed by atoms with Crippen LogP contribution in [0.1, 0.15) is 0 Å². The molecule has 2 rings (SSSR count). The number of hydrogen-bond donors (Lipinski definition) is 1. The Morgan fingerprint density at radius 2 is 2.23 bits per heavy atom. The Morgan fingerprint density at radius 1 is 1.38 bits per heavy atom. The van der Waals surface area contributed by atoms with Gasteiger partial charge in [0, 0.05) is 17.8 Å². The molecule has 2 N–H and O–H groups in total. The van der Waals surface area contributed by atoms with Crippen LogP contribution in [-0.2, 0) is 0 Å². The van der Waals surface area contributed by atoms with Gasteiger partial charge in [-0.1, -0.05) is 0 Å². The first-order chi connectivity index (χ1) is 6.27. The molecule has 0 spiro atoms. The Bertz CT molecular complexity index is 414. The number of rotatable bonds is 1. The minimum atomic E-state index is 0.431. The molecule has 0 aliphatic rings. The first-order valence-corrected chi connectivity index (χ1v) is 5.12. The number of nitrogen functional groups attached to an aromatic ring is 1. The van der Waals surface area contributed by atoms with Gasteiger partial charge in [0.1, 0.15) is 5.82 Å². The molecule has 0 atom stereocenters. The van der Waals surface area contributed by atoms with Gasteiger partial charge in [-0.25, -0.2) is 15.0 Å². The molecule has 0 fully saturated rings. The predicted molar refractivity (Wildman–Crippen MR) is 55.3 cm³/mol. The van der Waals surface area contributed by atoms with Crippen LogP contribution in [-0.4, -0.2) is 15.0 Å². The first kappa shape index (κ1) is 8.58. The van der Waals surface area contributed by atoms with E-state index in [2.05, 4.69) is 30.9 Å². The second-order valence-electron chi connectivity index (χ2n) is 2.26. The molecule has 0 amide bonds. The standard InChI is InChI=1S/C7H5BrN4S/c8-4-3-11-6(12-5(4)9)7-10-1-2-13-7/h1-3H,(H2,9,11,12). The van der Waals surface area contributed by atoms with E-state index in [-0.39, 0.29) is 0 Å². The van der Waals surface area contributed by atoms with E-state index in [0.29, 0.717) is 16.1 Å². The molecular formula is C7H5BrN4S. The third-order valence-electron chi connectivity index (χ3n) is 1.39. The van der Waals surface area contributed by atoms with Crippen molar-refractivity contribution in [3.05, 3.63) is 22.2 Å². The van der Waals surface area contributed by atoms with Gasteiger partial charge in [0.25, 0.3) is 0 Å². The lowest BCUT2D eigenvalue weighted by Crippen LogP contribution is -1.95. The minimum Gasteiger partial charge on any atom is -0.383 e. The number of thiazole rings is 1. The number of nitrogens with two attached hydrogens (primary N) is 1. The second-order valence-corrected chi connectivity index (χ2v) is 4.01. The Balaban J connectivity index is 2.49. The summed E-state index contributed by atoms with van der Waals surface area (Å²) in [5.74, 6) is 0.996. The highest BCUT2D eigenvalue weighted by Crippen LogP contribution is 2.21. The Labute approximate surface area is 87.0 Å². The van der Waals surface area contributed by atoms with Crippen molar-refractivity contribution in [3.63, 3.8) is 0 Å². The van der Waals surface area contributed by atoms with Gasteiger partial charge in [-0.05, 0) is 15.9 Å². The number of halogens is 1. The van der Waals surface area contributed by atoms with Gasteiger partial charge in [0.2, 0.25) is 0 Å². The normalized spacial score (nSPS) is 10.2. The molecule has 4 nitrogen and oxygen atoms in total. The molecule has 2 aromatic heterocycles. The van der Waals surface area contributed by atoms with Gasteiger partial charge in [-0.3, -0.25) is 0 Å². The van der Waals surface area contributed by atoms with E-state index in [9.17, 15) is 0 Å². The molecule has 0 saturated carbocycles. The van der Waals surface area contributed by atoms with Crippen LogP contribution in [0.3, 0.4) is 0 Å². The number of anilines is 1. The van der Waals surface area contributed by atoms with Crippen molar-refractivity contribution < 1.29 is 0 Å². The van der Waals surface area contributed by atoms with Crippen molar-refractivity contribution in [1.82, 2.24) is 15.0 Å². The van der Waals surface area contributed by atoms with Gasteiger partial charge >= 0.3 is 0 Å². The van der Waals surface area contributed by atoms with Gasteiger partial charge in [0.15, 0.2) is 10.8 Å². The lowest BCUT2D eigenvalue weighted by molar-refractivity contribution is 1.16. The Morgan fingerprint density at radius 3 is 2.85 bits per heavy atom. The third kappa shape index (κ3) is 1.68. The molecule has 66 valence electrons. The van der Waals surface area contributed by atoms with E-state index in [1.165, 1.54) is 11.3 Å². The zero-order valence-electron chi connectivity index (χ0n) is 6.44. The molecule has 13 heavy (non-hydrogen) atoms. The molecule has 0 radical (unpaired) electrons. The van der Waals surface area contributed by atoms with Crippen LogP contribution in [0.25, 0.3) is 10.8 Å². The fourth-order valence-electron chi connectivity index (χ4n) is 0.817. The number of aromatic nitrogens is 3. The van der Waals surface area contributed by atoms with Crippen LogP contribution >= 0.6 is 27.3 Å². The maximum atomic E-state index is 5.61. The molecule has 0 aromatic carbocycles. The Hall–Kier alpha value is -1.01. The van der Waals surface area contributed by atoms with Crippen molar-refractivity contribution in [2.45, 2.75) is 0 Å². The molecular weight excluding hydrogens is 252 g/mol. The van der Waals surface area contributed by atoms with Gasteiger partial charge < -0.3 is 5.73 Å². The quantitative estimate of drug-likeness (QED) is 0.847. The van der Waals surface area contributed by atoms with Crippen LogP contribution in [0, 0.1) is 0 Å². The van der Waals surface area contributed by atoms with Crippen molar-refractivity contribution in [3.8, 4) is 10.8 Å².